The molecule has 76 valence electrons. The second-order valence-corrected chi connectivity index (χ2v) is 4.09. The lowest BCUT2D eigenvalue weighted by molar-refractivity contribution is 0.613. The quantitative estimate of drug-likeness (QED) is 0.694. The van der Waals surface area contributed by atoms with Crippen molar-refractivity contribution in [3.63, 3.8) is 0 Å². The third-order valence-electron chi connectivity index (χ3n) is 2.77. The number of aromatic nitrogens is 1. The molecular formula is C12H18N2. The van der Waals surface area contributed by atoms with Gasteiger partial charge in [0, 0.05) is 12.4 Å². The van der Waals surface area contributed by atoms with Crippen LogP contribution < -0.4 is 5.32 Å². The molecule has 0 saturated heterocycles. The van der Waals surface area contributed by atoms with E-state index in [-0.39, 0.29) is 0 Å². The van der Waals surface area contributed by atoms with Gasteiger partial charge >= 0.3 is 0 Å². The molecule has 2 nitrogen and oxygen atoms in total. The molecule has 0 atom stereocenters. The van der Waals surface area contributed by atoms with E-state index in [0.29, 0.717) is 0 Å². The lowest BCUT2D eigenvalue weighted by Crippen LogP contribution is -2.18. The van der Waals surface area contributed by atoms with Gasteiger partial charge in [0.2, 0.25) is 0 Å². The number of hydrogen-bond donors (Lipinski definition) is 1. The van der Waals surface area contributed by atoms with Crippen LogP contribution in [0.5, 0.6) is 0 Å². The van der Waals surface area contributed by atoms with Crippen molar-refractivity contribution in [3.8, 4) is 0 Å². The van der Waals surface area contributed by atoms with Crippen molar-refractivity contribution in [2.45, 2.75) is 25.7 Å². The van der Waals surface area contributed by atoms with Crippen molar-refractivity contribution in [2.24, 2.45) is 5.92 Å². The first-order chi connectivity index (χ1) is 6.95. The van der Waals surface area contributed by atoms with E-state index in [2.05, 4.69) is 22.4 Å². The minimum absolute atomic E-state index is 1.04. The van der Waals surface area contributed by atoms with Gasteiger partial charge in [-0.1, -0.05) is 12.8 Å². The molecule has 1 aromatic heterocycles. The molecule has 1 saturated carbocycles. The van der Waals surface area contributed by atoms with E-state index in [4.69, 9.17) is 0 Å². The maximum atomic E-state index is 4.00. The van der Waals surface area contributed by atoms with Crippen LogP contribution in [0, 0.1) is 5.92 Å². The van der Waals surface area contributed by atoms with Crippen LogP contribution in [0.15, 0.2) is 24.5 Å². The van der Waals surface area contributed by atoms with E-state index in [1.54, 1.807) is 0 Å². The molecule has 0 spiro atoms. The summed E-state index contributed by atoms with van der Waals surface area (Å²) in [4.78, 5) is 4.00. The normalized spacial score (nSPS) is 15.7. The Morgan fingerprint density at radius 2 is 2.00 bits per heavy atom. The molecule has 0 radical (unpaired) electrons. The Kier molecular flexibility index (Phi) is 3.52. The topological polar surface area (TPSA) is 24.9 Å². The van der Waals surface area contributed by atoms with Crippen LogP contribution in [0.4, 0.5) is 0 Å². The number of nitrogens with zero attached hydrogens (tertiary/aromatic N) is 1. The summed E-state index contributed by atoms with van der Waals surface area (Å²) >= 11 is 0. The monoisotopic (exact) mass is 190 g/mol. The van der Waals surface area contributed by atoms with E-state index in [9.17, 15) is 0 Å². The van der Waals surface area contributed by atoms with Gasteiger partial charge in [-0.05, 0) is 49.5 Å². The summed E-state index contributed by atoms with van der Waals surface area (Å²) < 4.78 is 0. The van der Waals surface area contributed by atoms with Gasteiger partial charge in [0.05, 0.1) is 0 Å². The predicted octanol–water partition coefficient (Wildman–Crippen LogP) is 2.01. The van der Waals surface area contributed by atoms with Gasteiger partial charge in [0.25, 0.3) is 0 Å². The second-order valence-electron chi connectivity index (χ2n) is 4.09. The Balaban J connectivity index is 1.54. The van der Waals surface area contributed by atoms with Crippen molar-refractivity contribution >= 4 is 0 Å². The van der Waals surface area contributed by atoms with Crippen LogP contribution in [0.2, 0.25) is 0 Å². The summed E-state index contributed by atoms with van der Waals surface area (Å²) in [5.74, 6) is 1.04. The zero-order valence-corrected chi connectivity index (χ0v) is 8.58. The second kappa shape index (κ2) is 5.11. The fraction of sp³-hybridized carbons (Fsp3) is 0.583. The van der Waals surface area contributed by atoms with Crippen molar-refractivity contribution in [3.05, 3.63) is 30.1 Å². The summed E-state index contributed by atoms with van der Waals surface area (Å²) in [6.07, 6.45) is 9.14. The number of pyridine rings is 1. The van der Waals surface area contributed by atoms with Crippen molar-refractivity contribution in [1.29, 1.82) is 0 Å². The Morgan fingerprint density at radius 1 is 1.21 bits per heavy atom. The molecule has 0 unspecified atom stereocenters. The maximum Gasteiger partial charge on any atom is 0.0270 e. The summed E-state index contributed by atoms with van der Waals surface area (Å²) in [7, 11) is 0. The number of rotatable bonds is 6. The van der Waals surface area contributed by atoms with Gasteiger partial charge in [-0.25, -0.2) is 0 Å². The highest BCUT2D eigenvalue weighted by atomic mass is 14.8. The van der Waals surface area contributed by atoms with Crippen LogP contribution in [0.1, 0.15) is 24.8 Å². The SMILES string of the molecule is c1cc(CCNCCC2CC2)ccn1. The van der Waals surface area contributed by atoms with Crippen LogP contribution in [-0.2, 0) is 6.42 Å². The smallest absolute Gasteiger partial charge is 0.0270 e. The molecule has 2 heteroatoms. The summed E-state index contributed by atoms with van der Waals surface area (Å²) in [5.41, 5.74) is 1.37. The highest BCUT2D eigenvalue weighted by Crippen LogP contribution is 2.31. The Morgan fingerprint density at radius 3 is 2.71 bits per heavy atom. The largest absolute Gasteiger partial charge is 0.316 e. The van der Waals surface area contributed by atoms with Gasteiger partial charge < -0.3 is 5.32 Å². The van der Waals surface area contributed by atoms with Crippen LogP contribution in [0.25, 0.3) is 0 Å². The molecule has 0 aromatic carbocycles. The van der Waals surface area contributed by atoms with E-state index >= 15 is 0 Å². The zero-order chi connectivity index (χ0) is 9.64. The molecule has 14 heavy (non-hydrogen) atoms. The summed E-state index contributed by atoms with van der Waals surface area (Å²) in [6.45, 7) is 2.28. The molecule has 1 aliphatic rings. The highest BCUT2D eigenvalue weighted by Gasteiger charge is 2.19. The molecule has 2 rings (SSSR count). The van der Waals surface area contributed by atoms with Crippen molar-refractivity contribution in [1.82, 2.24) is 10.3 Å². The van der Waals surface area contributed by atoms with E-state index in [1.807, 2.05) is 12.4 Å². The fourth-order valence-electron chi connectivity index (χ4n) is 1.62. The van der Waals surface area contributed by atoms with E-state index < -0.39 is 0 Å². The van der Waals surface area contributed by atoms with Crippen LogP contribution >= 0.6 is 0 Å². The Labute approximate surface area is 85.7 Å². The Bertz CT molecular complexity index is 254. The minimum atomic E-state index is 1.04. The van der Waals surface area contributed by atoms with Gasteiger partial charge in [0.15, 0.2) is 0 Å². The van der Waals surface area contributed by atoms with Crippen molar-refractivity contribution in [2.75, 3.05) is 13.1 Å². The molecule has 0 amide bonds. The third-order valence-corrected chi connectivity index (χ3v) is 2.77. The standard InChI is InChI=1S/C12H18N2/c1-2-11(1)3-7-13-8-4-12-5-9-14-10-6-12/h5-6,9-11,13H,1-4,7-8H2. The van der Waals surface area contributed by atoms with E-state index in [1.165, 1.54) is 31.4 Å². The maximum absolute atomic E-state index is 4.00. The number of hydrogen-bond acceptors (Lipinski definition) is 2. The summed E-state index contributed by atoms with van der Waals surface area (Å²) in [6, 6.07) is 4.17. The first kappa shape index (κ1) is 9.66. The molecule has 1 N–H and O–H groups in total. The van der Waals surface area contributed by atoms with Gasteiger partial charge in [-0.15, -0.1) is 0 Å². The Hall–Kier alpha value is -0.890. The van der Waals surface area contributed by atoms with Gasteiger partial charge in [-0.2, -0.15) is 0 Å². The molecule has 1 aliphatic carbocycles. The predicted molar refractivity (Wildman–Crippen MR) is 58.2 cm³/mol. The first-order valence-corrected chi connectivity index (χ1v) is 5.55. The fourth-order valence-corrected chi connectivity index (χ4v) is 1.62. The van der Waals surface area contributed by atoms with Crippen LogP contribution in [-0.4, -0.2) is 18.1 Å². The van der Waals surface area contributed by atoms with Crippen LogP contribution in [0.3, 0.4) is 0 Å². The number of nitrogens with one attached hydrogen (secondary N) is 1. The summed E-state index contributed by atoms with van der Waals surface area (Å²) in [5, 5.41) is 3.48. The minimum Gasteiger partial charge on any atom is -0.316 e. The third kappa shape index (κ3) is 3.46. The molecular weight excluding hydrogens is 172 g/mol. The lowest BCUT2D eigenvalue weighted by Gasteiger charge is -2.03. The average molecular weight is 190 g/mol. The highest BCUT2D eigenvalue weighted by molar-refractivity contribution is 5.09. The molecule has 1 fully saturated rings. The lowest BCUT2D eigenvalue weighted by atomic mass is 10.2. The molecule has 0 aliphatic heterocycles. The van der Waals surface area contributed by atoms with Crippen molar-refractivity contribution < 1.29 is 0 Å². The van der Waals surface area contributed by atoms with Gasteiger partial charge in [-0.3, -0.25) is 4.98 Å². The zero-order valence-electron chi connectivity index (χ0n) is 8.58. The molecule has 0 bridgehead atoms. The average Bonchev–Trinajstić information content (AvgIpc) is 3.03. The first-order valence-electron chi connectivity index (χ1n) is 5.55. The van der Waals surface area contributed by atoms with Gasteiger partial charge in [0.1, 0.15) is 0 Å². The molecule has 1 aromatic rings. The molecule has 1 heterocycles. The van der Waals surface area contributed by atoms with E-state index in [0.717, 1.165) is 18.9 Å².